The first-order chi connectivity index (χ1) is 14.5. The number of anilines is 2. The summed E-state index contributed by atoms with van der Waals surface area (Å²) in [5, 5.41) is 2.76. The molecule has 0 fully saturated rings. The van der Waals surface area contributed by atoms with Crippen LogP contribution in [0.5, 0.6) is 5.75 Å². The SMILES string of the molecule is CCC(C)(C)c1ccc(OCC(=O)Nc2cccc(NS(=O)O)c2)c(C(C)(C)CC)c1. The van der Waals surface area contributed by atoms with Crippen molar-refractivity contribution in [1.82, 2.24) is 0 Å². The van der Waals surface area contributed by atoms with Gasteiger partial charge in [-0.1, -0.05) is 59.7 Å². The molecule has 0 saturated heterocycles. The van der Waals surface area contributed by atoms with Crippen LogP contribution >= 0.6 is 0 Å². The van der Waals surface area contributed by atoms with Crippen LogP contribution in [0.4, 0.5) is 11.4 Å². The zero-order valence-corrected chi connectivity index (χ0v) is 20.1. The fourth-order valence-corrected chi connectivity index (χ4v) is 3.43. The number of carbonyl (C=O) groups excluding carboxylic acids is 1. The summed E-state index contributed by atoms with van der Waals surface area (Å²) >= 11 is -2.17. The van der Waals surface area contributed by atoms with Crippen molar-refractivity contribution >= 4 is 28.5 Å². The number of amides is 1. The van der Waals surface area contributed by atoms with Crippen LogP contribution in [0.2, 0.25) is 0 Å². The minimum Gasteiger partial charge on any atom is -0.483 e. The number of rotatable bonds is 10. The van der Waals surface area contributed by atoms with Crippen molar-refractivity contribution in [2.45, 2.75) is 65.2 Å². The van der Waals surface area contributed by atoms with E-state index in [-0.39, 0.29) is 23.3 Å². The lowest BCUT2D eigenvalue weighted by Crippen LogP contribution is -2.24. The van der Waals surface area contributed by atoms with E-state index in [1.54, 1.807) is 24.3 Å². The Kier molecular flexibility index (Phi) is 8.26. The normalized spacial score (nSPS) is 12.9. The second-order valence-electron chi connectivity index (χ2n) is 8.95. The average Bonchev–Trinajstić information content (AvgIpc) is 2.71. The number of hydrogen-bond acceptors (Lipinski definition) is 3. The molecule has 1 amide bonds. The molecule has 0 radical (unpaired) electrons. The molecule has 0 heterocycles. The third-order valence-corrected chi connectivity index (χ3v) is 6.38. The molecule has 6 nitrogen and oxygen atoms in total. The minimum absolute atomic E-state index is 0.0613. The van der Waals surface area contributed by atoms with Crippen molar-refractivity contribution in [1.29, 1.82) is 0 Å². The maximum absolute atomic E-state index is 12.5. The van der Waals surface area contributed by atoms with E-state index in [1.807, 2.05) is 6.07 Å². The van der Waals surface area contributed by atoms with E-state index in [0.717, 1.165) is 18.4 Å². The summed E-state index contributed by atoms with van der Waals surface area (Å²) in [4.78, 5) is 12.5. The molecule has 0 aliphatic rings. The van der Waals surface area contributed by atoms with E-state index in [4.69, 9.17) is 9.29 Å². The molecule has 170 valence electrons. The predicted octanol–water partition coefficient (Wildman–Crippen LogP) is 5.63. The molecule has 0 aliphatic carbocycles. The maximum atomic E-state index is 12.5. The maximum Gasteiger partial charge on any atom is 0.262 e. The van der Waals surface area contributed by atoms with Crippen molar-refractivity contribution in [3.63, 3.8) is 0 Å². The number of ether oxygens (including phenoxy) is 1. The van der Waals surface area contributed by atoms with Gasteiger partial charge in [0.2, 0.25) is 0 Å². The molecule has 0 aromatic heterocycles. The number of benzene rings is 2. The van der Waals surface area contributed by atoms with Crippen LogP contribution in [-0.2, 0) is 26.9 Å². The minimum atomic E-state index is -2.17. The summed E-state index contributed by atoms with van der Waals surface area (Å²) in [6.45, 7) is 13.0. The van der Waals surface area contributed by atoms with Gasteiger partial charge in [-0.3, -0.25) is 14.1 Å². The molecule has 0 saturated carbocycles. The highest BCUT2D eigenvalue weighted by Crippen LogP contribution is 2.38. The zero-order valence-electron chi connectivity index (χ0n) is 19.2. The molecule has 2 aromatic rings. The Bertz CT molecular complexity index is 941. The molecule has 3 N–H and O–H groups in total. The standard InChI is InChI=1S/C24H34N2O4S/c1-7-23(3,4)17-12-13-21(20(14-17)24(5,6)8-2)30-16-22(27)25-18-10-9-11-19(15-18)26-31(28)29/h9-15,26H,7-8,16H2,1-6H3,(H,25,27)(H,28,29). The zero-order chi connectivity index (χ0) is 23.2. The lowest BCUT2D eigenvalue weighted by atomic mass is 9.76. The predicted molar refractivity (Wildman–Crippen MR) is 128 cm³/mol. The average molecular weight is 447 g/mol. The quantitative estimate of drug-likeness (QED) is 0.413. The van der Waals surface area contributed by atoms with Crippen LogP contribution in [0.15, 0.2) is 42.5 Å². The molecule has 31 heavy (non-hydrogen) atoms. The first-order valence-electron chi connectivity index (χ1n) is 10.5. The first kappa shape index (κ1) is 24.9. The van der Waals surface area contributed by atoms with Gasteiger partial charge in [-0.15, -0.1) is 0 Å². The third kappa shape index (κ3) is 6.80. The van der Waals surface area contributed by atoms with Gasteiger partial charge in [-0.2, -0.15) is 0 Å². The highest BCUT2D eigenvalue weighted by atomic mass is 32.2. The van der Waals surface area contributed by atoms with Gasteiger partial charge in [0.25, 0.3) is 17.2 Å². The molecular formula is C24H34N2O4S. The van der Waals surface area contributed by atoms with Gasteiger partial charge >= 0.3 is 0 Å². The van der Waals surface area contributed by atoms with Crippen LogP contribution in [0.1, 0.15) is 65.5 Å². The summed E-state index contributed by atoms with van der Waals surface area (Å²) in [7, 11) is 0. The van der Waals surface area contributed by atoms with E-state index in [9.17, 15) is 9.00 Å². The van der Waals surface area contributed by atoms with Gasteiger partial charge < -0.3 is 10.1 Å². The van der Waals surface area contributed by atoms with E-state index in [1.165, 1.54) is 5.56 Å². The molecule has 2 rings (SSSR count). The van der Waals surface area contributed by atoms with Crippen molar-refractivity contribution in [2.75, 3.05) is 16.6 Å². The van der Waals surface area contributed by atoms with Crippen LogP contribution in [0, 0.1) is 0 Å². The van der Waals surface area contributed by atoms with Crippen LogP contribution in [-0.4, -0.2) is 21.3 Å². The fourth-order valence-electron chi connectivity index (χ4n) is 3.10. The molecule has 7 heteroatoms. The largest absolute Gasteiger partial charge is 0.483 e. The Morgan fingerprint density at radius 1 is 1.00 bits per heavy atom. The summed E-state index contributed by atoms with van der Waals surface area (Å²) in [5.74, 6) is 0.407. The smallest absolute Gasteiger partial charge is 0.262 e. The number of hydrogen-bond donors (Lipinski definition) is 3. The van der Waals surface area contributed by atoms with E-state index < -0.39 is 11.3 Å². The Morgan fingerprint density at radius 3 is 2.26 bits per heavy atom. The van der Waals surface area contributed by atoms with Crippen molar-refractivity contribution in [2.24, 2.45) is 0 Å². The Balaban J connectivity index is 2.17. The molecule has 0 aliphatic heterocycles. The Labute approximate surface area is 188 Å². The Morgan fingerprint density at radius 2 is 1.65 bits per heavy atom. The van der Waals surface area contributed by atoms with Crippen molar-refractivity contribution in [3.8, 4) is 5.75 Å². The van der Waals surface area contributed by atoms with Crippen LogP contribution in [0.25, 0.3) is 0 Å². The monoisotopic (exact) mass is 446 g/mol. The first-order valence-corrected chi connectivity index (χ1v) is 11.6. The van der Waals surface area contributed by atoms with Crippen molar-refractivity contribution in [3.05, 3.63) is 53.6 Å². The molecule has 2 aromatic carbocycles. The second kappa shape index (κ2) is 10.3. The van der Waals surface area contributed by atoms with Gasteiger partial charge in [0.1, 0.15) is 5.75 Å². The fraction of sp³-hybridized carbons (Fsp3) is 0.458. The molecular weight excluding hydrogens is 412 g/mol. The van der Waals surface area contributed by atoms with Gasteiger partial charge in [-0.25, -0.2) is 4.21 Å². The summed E-state index contributed by atoms with van der Waals surface area (Å²) < 4.78 is 28.2. The van der Waals surface area contributed by atoms with Crippen LogP contribution in [0.3, 0.4) is 0 Å². The molecule has 1 unspecified atom stereocenters. The molecule has 1 atom stereocenters. The second-order valence-corrected chi connectivity index (χ2v) is 9.66. The molecule has 0 bridgehead atoms. The number of carbonyl (C=O) groups is 1. The number of nitrogens with one attached hydrogen (secondary N) is 2. The summed E-state index contributed by atoms with van der Waals surface area (Å²) in [5.41, 5.74) is 3.27. The van der Waals surface area contributed by atoms with Gasteiger partial charge in [-0.05, 0) is 53.5 Å². The summed E-state index contributed by atoms with van der Waals surface area (Å²) in [6, 6.07) is 12.9. The van der Waals surface area contributed by atoms with Crippen LogP contribution < -0.4 is 14.8 Å². The van der Waals surface area contributed by atoms with E-state index in [0.29, 0.717) is 17.1 Å². The lowest BCUT2D eigenvalue weighted by Gasteiger charge is -2.30. The Hall–Kier alpha value is -2.38. The lowest BCUT2D eigenvalue weighted by molar-refractivity contribution is -0.118. The van der Waals surface area contributed by atoms with Gasteiger partial charge in [0.05, 0.1) is 5.69 Å². The third-order valence-electron chi connectivity index (χ3n) is 5.97. The molecule has 0 spiro atoms. The highest BCUT2D eigenvalue weighted by Gasteiger charge is 2.26. The van der Waals surface area contributed by atoms with E-state index >= 15 is 0 Å². The van der Waals surface area contributed by atoms with Crippen molar-refractivity contribution < 1.29 is 18.3 Å². The summed E-state index contributed by atoms with van der Waals surface area (Å²) in [6.07, 6.45) is 1.97. The topological polar surface area (TPSA) is 87.7 Å². The highest BCUT2D eigenvalue weighted by molar-refractivity contribution is 7.80. The van der Waals surface area contributed by atoms with E-state index in [2.05, 4.69) is 63.7 Å². The van der Waals surface area contributed by atoms with Gasteiger partial charge in [0.15, 0.2) is 6.61 Å². The van der Waals surface area contributed by atoms with Gasteiger partial charge in [0, 0.05) is 11.3 Å².